The van der Waals surface area contributed by atoms with Crippen molar-refractivity contribution in [3.63, 3.8) is 0 Å². The summed E-state index contributed by atoms with van der Waals surface area (Å²) >= 11 is 5.95. The maximum atomic E-state index is 9.65. The third kappa shape index (κ3) is 5.23. The van der Waals surface area contributed by atoms with Gasteiger partial charge in [0.15, 0.2) is 0 Å². The fourth-order valence-corrected chi connectivity index (χ4v) is 3.97. The van der Waals surface area contributed by atoms with Crippen LogP contribution >= 0.6 is 20.0 Å². The number of nitriles is 1. The smallest absolute Gasteiger partial charge is 0.292 e. The summed E-state index contributed by atoms with van der Waals surface area (Å²) in [5.41, 5.74) is 0.901. The van der Waals surface area contributed by atoms with Gasteiger partial charge in [0, 0.05) is 5.02 Å². The molecule has 3 aromatic rings. The van der Waals surface area contributed by atoms with Crippen LogP contribution in [0.25, 0.3) is 0 Å². The number of benzene rings is 3. The molecule has 0 aromatic heterocycles. The summed E-state index contributed by atoms with van der Waals surface area (Å²) in [5, 5.41) is 10.3. The second-order valence-corrected chi connectivity index (χ2v) is 7.39. The van der Waals surface area contributed by atoms with Gasteiger partial charge in [0.1, 0.15) is 11.5 Å². The predicted molar refractivity (Wildman–Crippen MR) is 106 cm³/mol. The van der Waals surface area contributed by atoms with Crippen molar-refractivity contribution >= 4 is 20.0 Å². The molecule has 0 radical (unpaired) electrons. The highest BCUT2D eigenvalue weighted by Gasteiger charge is 2.23. The monoisotopic (exact) mass is 381 g/mol. The largest absolute Gasteiger partial charge is 0.439 e. The quantitative estimate of drug-likeness (QED) is 0.443. The van der Waals surface area contributed by atoms with Gasteiger partial charge in [-0.25, -0.2) is 0 Å². The Labute approximate surface area is 159 Å². The number of hydrogen-bond donors (Lipinski definition) is 0. The molecule has 0 bridgehead atoms. The number of nitrogens with zero attached hydrogens (tertiary/aromatic N) is 1. The van der Waals surface area contributed by atoms with E-state index >= 15 is 0 Å². The van der Waals surface area contributed by atoms with Crippen molar-refractivity contribution in [1.29, 1.82) is 5.26 Å². The lowest BCUT2D eigenvalue weighted by atomic mass is 10.0. The molecular formula is C21H17ClNO2P. The summed E-state index contributed by atoms with van der Waals surface area (Å²) in [6, 6.07) is 28.7. The van der Waals surface area contributed by atoms with Crippen LogP contribution in [0.4, 0.5) is 0 Å². The molecule has 26 heavy (non-hydrogen) atoms. The molecular weight excluding hydrogens is 365 g/mol. The molecule has 5 heteroatoms. The van der Waals surface area contributed by atoms with Crippen LogP contribution in [-0.2, 0) is 0 Å². The van der Waals surface area contributed by atoms with Crippen molar-refractivity contribution < 1.29 is 9.05 Å². The third-order valence-corrected chi connectivity index (χ3v) is 5.40. The maximum Gasteiger partial charge on any atom is 0.292 e. The fraction of sp³-hybridized carbons (Fsp3) is 0.0952. The van der Waals surface area contributed by atoms with Gasteiger partial charge in [-0.15, -0.1) is 0 Å². The van der Waals surface area contributed by atoms with Crippen LogP contribution in [0.5, 0.6) is 11.5 Å². The molecule has 0 heterocycles. The zero-order valence-electron chi connectivity index (χ0n) is 14.0. The average Bonchev–Trinajstić information content (AvgIpc) is 2.68. The molecule has 0 aliphatic carbocycles. The lowest BCUT2D eigenvalue weighted by molar-refractivity contribution is 0.487. The van der Waals surface area contributed by atoms with E-state index in [-0.39, 0.29) is 5.92 Å². The zero-order chi connectivity index (χ0) is 18.2. The van der Waals surface area contributed by atoms with Crippen LogP contribution in [0.2, 0.25) is 5.02 Å². The summed E-state index contributed by atoms with van der Waals surface area (Å²) in [7, 11) is -1.35. The Balaban J connectivity index is 1.79. The highest BCUT2D eigenvalue weighted by Crippen LogP contribution is 2.43. The summed E-state index contributed by atoms with van der Waals surface area (Å²) in [6.07, 6.45) is 0.456. The summed E-state index contributed by atoms with van der Waals surface area (Å²) in [4.78, 5) is 0. The number of rotatable bonds is 7. The molecule has 0 saturated heterocycles. The average molecular weight is 382 g/mol. The molecule has 0 saturated carbocycles. The lowest BCUT2D eigenvalue weighted by Gasteiger charge is -2.21. The lowest BCUT2D eigenvalue weighted by Crippen LogP contribution is -2.07. The Bertz CT molecular complexity index is 809. The molecule has 3 rings (SSSR count). The van der Waals surface area contributed by atoms with E-state index in [0.717, 1.165) is 17.1 Å². The minimum Gasteiger partial charge on any atom is -0.439 e. The molecule has 1 atom stereocenters. The molecule has 130 valence electrons. The molecule has 0 aliphatic heterocycles. The highest BCUT2D eigenvalue weighted by atomic mass is 35.5. The normalized spacial score (nSPS) is 11.6. The molecule has 3 nitrogen and oxygen atoms in total. The van der Waals surface area contributed by atoms with Crippen molar-refractivity contribution in [1.82, 2.24) is 0 Å². The highest BCUT2D eigenvalue weighted by molar-refractivity contribution is 7.48. The standard InChI is InChI=1S/C21H17ClNO2P/c22-19-13-11-17(12-14-19)18(15-23)16-26(24-20-7-3-1-4-8-20)25-21-9-5-2-6-10-21/h1-14,18H,16H2. The van der Waals surface area contributed by atoms with Gasteiger partial charge >= 0.3 is 0 Å². The zero-order valence-corrected chi connectivity index (χ0v) is 15.6. The van der Waals surface area contributed by atoms with Crippen molar-refractivity contribution in [2.45, 2.75) is 5.92 Å². The Morgan fingerprint density at radius 1 is 0.808 bits per heavy atom. The van der Waals surface area contributed by atoms with Crippen molar-refractivity contribution in [2.24, 2.45) is 0 Å². The first-order valence-electron chi connectivity index (χ1n) is 8.13. The van der Waals surface area contributed by atoms with E-state index < -0.39 is 8.38 Å². The molecule has 0 amide bonds. The number of para-hydroxylation sites is 2. The first kappa shape index (κ1) is 18.3. The topological polar surface area (TPSA) is 42.2 Å². The summed E-state index contributed by atoms with van der Waals surface area (Å²) < 4.78 is 12.1. The SMILES string of the molecule is N#CC(CP(Oc1ccccc1)Oc1ccccc1)c1ccc(Cl)cc1. The number of halogens is 1. The Kier molecular flexibility index (Phi) is 6.50. The van der Waals surface area contributed by atoms with Crippen LogP contribution in [0.1, 0.15) is 11.5 Å². The molecule has 1 unspecified atom stereocenters. The van der Waals surface area contributed by atoms with Crippen molar-refractivity contribution in [2.75, 3.05) is 6.16 Å². The predicted octanol–water partition coefficient (Wildman–Crippen LogP) is 6.42. The van der Waals surface area contributed by atoms with E-state index in [1.807, 2.05) is 72.8 Å². The maximum absolute atomic E-state index is 9.65. The van der Waals surface area contributed by atoms with Gasteiger partial charge in [-0.05, 0) is 42.0 Å². The Morgan fingerprint density at radius 3 is 1.77 bits per heavy atom. The minimum absolute atomic E-state index is 0.342. The first-order valence-corrected chi connectivity index (χ1v) is 9.87. The van der Waals surface area contributed by atoms with E-state index in [9.17, 15) is 5.26 Å². The van der Waals surface area contributed by atoms with Gasteiger partial charge in [0.05, 0.1) is 18.1 Å². The van der Waals surface area contributed by atoms with Gasteiger partial charge in [0.2, 0.25) is 0 Å². The van der Waals surface area contributed by atoms with E-state index in [0.29, 0.717) is 11.2 Å². The third-order valence-electron chi connectivity index (χ3n) is 3.66. The second-order valence-electron chi connectivity index (χ2n) is 5.56. The molecule has 0 N–H and O–H groups in total. The molecule has 0 aliphatic rings. The summed E-state index contributed by atoms with van der Waals surface area (Å²) in [6.45, 7) is 0. The van der Waals surface area contributed by atoms with Gasteiger partial charge in [-0.1, -0.05) is 60.1 Å². The Hall–Kier alpha value is -2.53. The second kappa shape index (κ2) is 9.25. The summed E-state index contributed by atoms with van der Waals surface area (Å²) in [5.74, 6) is 1.11. The molecule has 0 fully saturated rings. The van der Waals surface area contributed by atoms with Gasteiger partial charge < -0.3 is 9.05 Å². The van der Waals surface area contributed by atoms with Crippen LogP contribution < -0.4 is 9.05 Å². The van der Waals surface area contributed by atoms with E-state index in [1.165, 1.54) is 0 Å². The van der Waals surface area contributed by atoms with E-state index in [4.69, 9.17) is 20.6 Å². The van der Waals surface area contributed by atoms with Crippen molar-refractivity contribution in [3.8, 4) is 17.6 Å². The van der Waals surface area contributed by atoms with E-state index in [1.54, 1.807) is 12.1 Å². The van der Waals surface area contributed by atoms with Crippen LogP contribution in [-0.4, -0.2) is 6.16 Å². The van der Waals surface area contributed by atoms with Crippen LogP contribution in [0, 0.1) is 11.3 Å². The van der Waals surface area contributed by atoms with Crippen LogP contribution in [0.15, 0.2) is 84.9 Å². The minimum atomic E-state index is -1.35. The molecule has 0 spiro atoms. The fourth-order valence-electron chi connectivity index (χ4n) is 2.36. The van der Waals surface area contributed by atoms with Crippen molar-refractivity contribution in [3.05, 3.63) is 95.5 Å². The number of hydrogen-bond acceptors (Lipinski definition) is 3. The van der Waals surface area contributed by atoms with Gasteiger partial charge in [-0.3, -0.25) is 0 Å². The molecule has 3 aromatic carbocycles. The van der Waals surface area contributed by atoms with Gasteiger partial charge in [0.25, 0.3) is 8.38 Å². The first-order chi connectivity index (χ1) is 12.7. The Morgan fingerprint density at radius 2 is 1.31 bits per heavy atom. The van der Waals surface area contributed by atoms with Crippen LogP contribution in [0.3, 0.4) is 0 Å². The van der Waals surface area contributed by atoms with E-state index in [2.05, 4.69) is 6.07 Å². The van der Waals surface area contributed by atoms with Gasteiger partial charge in [-0.2, -0.15) is 5.26 Å².